The number of nitrogens with one attached hydrogen (secondary N) is 1. The van der Waals surface area contributed by atoms with Crippen LogP contribution in [0.25, 0.3) is 31.9 Å². The van der Waals surface area contributed by atoms with Crippen LogP contribution in [-0.4, -0.2) is 21.2 Å². The molecule has 5 rings (SSSR count). The second-order valence-electron chi connectivity index (χ2n) is 5.91. The minimum Gasteiger partial charge on any atom is -0.463 e. The van der Waals surface area contributed by atoms with Crippen molar-refractivity contribution in [1.29, 1.82) is 0 Å². The number of aryl methyl sites for hydroxylation is 1. The molecule has 0 saturated carbocycles. The molecular weight excluding hydrogens is 354 g/mol. The van der Waals surface area contributed by atoms with Gasteiger partial charge in [0.15, 0.2) is 16.7 Å². The van der Waals surface area contributed by atoms with Gasteiger partial charge in [0.05, 0.1) is 16.5 Å². The molecule has 4 heterocycles. The number of nitrogen functional groups attached to an aromatic ring is 1. The molecule has 1 aliphatic rings. The van der Waals surface area contributed by atoms with Gasteiger partial charge in [-0.3, -0.25) is 0 Å². The number of nitrogens with two attached hydrogens (primary N) is 1. The first kappa shape index (κ1) is 15.1. The van der Waals surface area contributed by atoms with Crippen molar-refractivity contribution in [2.75, 3.05) is 11.7 Å². The van der Waals surface area contributed by atoms with Crippen molar-refractivity contribution in [1.82, 2.24) is 15.0 Å². The zero-order valence-electron chi connectivity index (χ0n) is 13.5. The summed E-state index contributed by atoms with van der Waals surface area (Å²) in [5, 5.41) is 1.86. The second-order valence-corrected chi connectivity index (χ2v) is 7.68. The topological polar surface area (TPSA) is 89.9 Å². The van der Waals surface area contributed by atoms with E-state index in [-0.39, 0.29) is 0 Å². The van der Waals surface area contributed by atoms with Crippen molar-refractivity contribution >= 4 is 49.3 Å². The third kappa shape index (κ3) is 2.18. The van der Waals surface area contributed by atoms with Gasteiger partial charge in [-0.25, -0.2) is 20.8 Å². The molecule has 1 aliphatic carbocycles. The van der Waals surface area contributed by atoms with E-state index in [1.54, 1.807) is 17.6 Å². The highest BCUT2D eigenvalue weighted by Crippen LogP contribution is 2.43. The highest BCUT2D eigenvalue weighted by Gasteiger charge is 2.26. The van der Waals surface area contributed by atoms with Crippen molar-refractivity contribution < 1.29 is 4.42 Å². The molecular formula is C17H15N5OS2. The summed E-state index contributed by atoms with van der Waals surface area (Å²) in [6.45, 7) is 0. The summed E-state index contributed by atoms with van der Waals surface area (Å²) in [4.78, 5) is 15.1. The average Bonchev–Trinajstić information content (AvgIpc) is 3.37. The number of pyridine rings is 1. The Morgan fingerprint density at radius 3 is 2.88 bits per heavy atom. The Morgan fingerprint density at radius 1 is 1.24 bits per heavy atom. The van der Waals surface area contributed by atoms with Crippen molar-refractivity contribution in [3.63, 3.8) is 0 Å². The van der Waals surface area contributed by atoms with Crippen molar-refractivity contribution in [3.8, 4) is 11.5 Å². The molecule has 0 radical (unpaired) electrons. The SMILES string of the molecule is CSc1nc(NN)c2sc3nc(-c4ccco4)c4c(c3c2n1)CCC4. The Morgan fingerprint density at radius 2 is 2.12 bits per heavy atom. The van der Waals surface area contributed by atoms with E-state index in [9.17, 15) is 0 Å². The highest BCUT2D eigenvalue weighted by molar-refractivity contribution is 7.98. The third-order valence-corrected chi connectivity index (χ3v) is 6.21. The van der Waals surface area contributed by atoms with Crippen LogP contribution < -0.4 is 11.3 Å². The number of hydrogen-bond donors (Lipinski definition) is 2. The molecule has 4 aromatic heterocycles. The monoisotopic (exact) mass is 369 g/mol. The summed E-state index contributed by atoms with van der Waals surface area (Å²) in [7, 11) is 0. The van der Waals surface area contributed by atoms with Crippen LogP contribution in [0.3, 0.4) is 0 Å². The molecule has 0 bridgehead atoms. The molecule has 0 amide bonds. The Labute approximate surface area is 151 Å². The lowest BCUT2D eigenvalue weighted by Crippen LogP contribution is -2.09. The van der Waals surface area contributed by atoms with E-state index in [0.29, 0.717) is 11.0 Å². The van der Waals surface area contributed by atoms with Gasteiger partial charge >= 0.3 is 0 Å². The van der Waals surface area contributed by atoms with Crippen molar-refractivity contribution in [2.24, 2.45) is 5.84 Å². The number of aromatic nitrogens is 3. The summed E-state index contributed by atoms with van der Waals surface area (Å²) < 4.78 is 6.58. The fourth-order valence-corrected chi connectivity index (χ4v) is 5.01. The predicted molar refractivity (Wildman–Crippen MR) is 102 cm³/mol. The van der Waals surface area contributed by atoms with Crippen molar-refractivity contribution in [3.05, 3.63) is 29.5 Å². The zero-order valence-corrected chi connectivity index (χ0v) is 15.1. The Bertz CT molecular complexity index is 1100. The standard InChI is InChI=1S/C17H15N5OS2/c1-24-17-20-13-11-8-4-2-5-9(8)12(10-6-3-7-23-10)19-16(11)25-14(13)15(21-17)22-18/h3,6-7H,2,4-5,18H2,1H3,(H,20,21,22). The van der Waals surface area contributed by atoms with Gasteiger partial charge < -0.3 is 9.84 Å². The van der Waals surface area contributed by atoms with Gasteiger partial charge in [0.25, 0.3) is 0 Å². The van der Waals surface area contributed by atoms with E-state index in [0.717, 1.165) is 51.1 Å². The fraction of sp³-hybridized carbons (Fsp3) is 0.235. The Hall–Kier alpha value is -2.16. The van der Waals surface area contributed by atoms with Crippen LogP contribution in [0.1, 0.15) is 17.5 Å². The van der Waals surface area contributed by atoms with Gasteiger partial charge in [-0.15, -0.1) is 11.3 Å². The van der Waals surface area contributed by atoms with Crippen LogP contribution >= 0.6 is 23.1 Å². The third-order valence-electron chi connectivity index (χ3n) is 4.59. The van der Waals surface area contributed by atoms with Gasteiger partial charge in [0.2, 0.25) is 0 Å². The molecule has 25 heavy (non-hydrogen) atoms. The molecule has 3 N–H and O–H groups in total. The average molecular weight is 369 g/mol. The number of rotatable bonds is 3. The van der Waals surface area contributed by atoms with Crippen LogP contribution in [0.2, 0.25) is 0 Å². The molecule has 0 fully saturated rings. The van der Waals surface area contributed by atoms with E-state index in [1.807, 2.05) is 18.4 Å². The van der Waals surface area contributed by atoms with E-state index in [4.69, 9.17) is 20.2 Å². The Kier molecular flexibility index (Phi) is 3.44. The van der Waals surface area contributed by atoms with E-state index in [2.05, 4.69) is 10.4 Å². The summed E-state index contributed by atoms with van der Waals surface area (Å²) in [5.41, 5.74) is 7.25. The maximum atomic E-state index is 5.70. The molecule has 0 unspecified atom stereocenters. The summed E-state index contributed by atoms with van der Waals surface area (Å²) >= 11 is 3.09. The number of thioether (sulfide) groups is 1. The van der Waals surface area contributed by atoms with Crippen LogP contribution in [0.5, 0.6) is 0 Å². The molecule has 0 atom stereocenters. The molecule has 0 aliphatic heterocycles. The van der Waals surface area contributed by atoms with Gasteiger partial charge in [0, 0.05) is 5.39 Å². The predicted octanol–water partition coefficient (Wildman–Crippen LogP) is 4.00. The van der Waals surface area contributed by atoms with Gasteiger partial charge in [-0.1, -0.05) is 11.8 Å². The maximum Gasteiger partial charge on any atom is 0.189 e. The molecule has 6 nitrogen and oxygen atoms in total. The van der Waals surface area contributed by atoms with Gasteiger partial charge in [0.1, 0.15) is 10.5 Å². The van der Waals surface area contributed by atoms with Gasteiger partial charge in [-0.05, 0) is 48.8 Å². The zero-order chi connectivity index (χ0) is 17.0. The molecule has 0 spiro atoms. The smallest absolute Gasteiger partial charge is 0.189 e. The summed E-state index contributed by atoms with van der Waals surface area (Å²) in [6, 6.07) is 3.87. The summed E-state index contributed by atoms with van der Waals surface area (Å²) in [5.74, 6) is 7.18. The van der Waals surface area contributed by atoms with E-state index >= 15 is 0 Å². The molecule has 0 aromatic carbocycles. The van der Waals surface area contributed by atoms with Gasteiger partial charge in [-0.2, -0.15) is 0 Å². The van der Waals surface area contributed by atoms with E-state index in [1.165, 1.54) is 22.9 Å². The first-order valence-electron chi connectivity index (χ1n) is 8.00. The minimum absolute atomic E-state index is 0.656. The maximum absolute atomic E-state index is 5.70. The quantitative estimate of drug-likeness (QED) is 0.244. The first-order valence-corrected chi connectivity index (χ1v) is 10.0. The van der Waals surface area contributed by atoms with E-state index < -0.39 is 0 Å². The molecule has 0 saturated heterocycles. The number of fused-ring (bicyclic) bond motifs is 5. The number of anilines is 1. The molecule has 8 heteroatoms. The number of thiophene rings is 1. The van der Waals surface area contributed by atoms with Crippen LogP contribution in [-0.2, 0) is 12.8 Å². The van der Waals surface area contributed by atoms with Crippen LogP contribution in [0.15, 0.2) is 28.0 Å². The number of nitrogens with zero attached hydrogens (tertiary/aromatic N) is 3. The lowest BCUT2D eigenvalue weighted by Gasteiger charge is -2.07. The molecule has 126 valence electrons. The van der Waals surface area contributed by atoms with Crippen LogP contribution in [0, 0.1) is 0 Å². The number of furan rings is 1. The van der Waals surface area contributed by atoms with Crippen LogP contribution in [0.4, 0.5) is 5.82 Å². The highest BCUT2D eigenvalue weighted by atomic mass is 32.2. The minimum atomic E-state index is 0.656. The molecule has 4 aromatic rings. The lowest BCUT2D eigenvalue weighted by atomic mass is 10.0. The lowest BCUT2D eigenvalue weighted by molar-refractivity contribution is 0.579. The Balaban J connectivity index is 1.91. The second kappa shape index (κ2) is 5.69. The number of hydrazine groups is 1. The largest absolute Gasteiger partial charge is 0.463 e. The van der Waals surface area contributed by atoms with Crippen molar-refractivity contribution in [2.45, 2.75) is 24.4 Å². The summed E-state index contributed by atoms with van der Waals surface area (Å²) in [6.07, 6.45) is 6.85. The number of hydrogen-bond acceptors (Lipinski definition) is 8. The normalized spacial score (nSPS) is 13.7. The fourth-order valence-electron chi connectivity index (χ4n) is 3.55. The first-order chi connectivity index (χ1) is 12.3.